The fourth-order valence-corrected chi connectivity index (χ4v) is 12.8. The number of hydrogen-bond donors (Lipinski definition) is 0. The highest BCUT2D eigenvalue weighted by Gasteiger charge is 2.47. The van der Waals surface area contributed by atoms with Crippen molar-refractivity contribution in [1.29, 1.82) is 0 Å². The molecule has 2 fully saturated rings. The molecule has 0 bridgehead atoms. The molecule has 6 aromatic carbocycles. The molecule has 0 aliphatic carbocycles. The lowest BCUT2D eigenvalue weighted by molar-refractivity contribution is -0.424. The van der Waals surface area contributed by atoms with Crippen LogP contribution in [0.1, 0.15) is 63.7 Å². The van der Waals surface area contributed by atoms with Crippen LogP contribution < -0.4 is 55.5 Å². The molecule has 4 aliphatic rings. The summed E-state index contributed by atoms with van der Waals surface area (Å²) in [5.41, 5.74) is 6.82. The van der Waals surface area contributed by atoms with Crippen molar-refractivity contribution in [3.8, 4) is 22.9 Å². The zero-order chi connectivity index (χ0) is 66.5. The summed E-state index contributed by atoms with van der Waals surface area (Å²) >= 11 is 25.5. The molecule has 30 heteroatoms. The van der Waals surface area contributed by atoms with Crippen LogP contribution in [0.3, 0.4) is 0 Å². The maximum absolute atomic E-state index is 12.8. The van der Waals surface area contributed by atoms with Gasteiger partial charge in [-0.05, 0) is 148 Å². The molecule has 0 saturated carbocycles. The molecule has 0 radical (unpaired) electrons. The largest absolute Gasteiger partial charge is 1.00 e. The lowest BCUT2D eigenvalue weighted by Crippen LogP contribution is -3.00. The highest BCUT2D eigenvalue weighted by Crippen LogP contribution is 2.42. The Morgan fingerprint density at radius 2 is 0.908 bits per heavy atom. The Morgan fingerprint density at radius 3 is 1.27 bits per heavy atom. The third kappa shape index (κ3) is 15.5. The summed E-state index contributed by atoms with van der Waals surface area (Å²) in [6.07, 6.45) is 14.5. The Bertz CT molecular complexity index is 4210. The van der Waals surface area contributed by atoms with Crippen LogP contribution in [-0.4, -0.2) is 145 Å². The van der Waals surface area contributed by atoms with Crippen LogP contribution in [0.15, 0.2) is 181 Å². The van der Waals surface area contributed by atoms with Crippen molar-refractivity contribution < 1.29 is 62.4 Å². The van der Waals surface area contributed by atoms with Gasteiger partial charge in [-0.1, -0.05) is 72.4 Å². The minimum Gasteiger partial charge on any atom is -1.00 e. The van der Waals surface area contributed by atoms with Crippen molar-refractivity contribution in [3.63, 3.8) is 0 Å². The minimum atomic E-state index is -1.17. The summed E-state index contributed by atoms with van der Waals surface area (Å²) in [4.78, 5) is 38.1. The van der Waals surface area contributed by atoms with Crippen molar-refractivity contribution in [1.82, 2.24) is 58.2 Å². The summed E-state index contributed by atoms with van der Waals surface area (Å²) in [7, 11) is 0. The van der Waals surface area contributed by atoms with Crippen molar-refractivity contribution in [2.45, 2.75) is 89.5 Å². The van der Waals surface area contributed by atoms with Crippen LogP contribution in [0, 0.1) is 0 Å². The summed E-state index contributed by atoms with van der Waals surface area (Å²) in [6.45, 7) is 13.1. The fourth-order valence-electron chi connectivity index (χ4n) is 11.7. The van der Waals surface area contributed by atoms with Gasteiger partial charge in [0, 0.05) is 21.2 Å². The molecule has 4 aliphatic heterocycles. The number of aromatic nitrogens is 12. The maximum Gasteiger partial charge on any atom is 0.350 e. The zero-order valence-electron chi connectivity index (χ0n) is 53.8. The highest BCUT2D eigenvalue weighted by molar-refractivity contribution is 6.35. The number of anilines is 2. The third-order valence-electron chi connectivity index (χ3n) is 17.3. The number of halogens is 6. The van der Waals surface area contributed by atoms with E-state index in [-0.39, 0.29) is 86.8 Å². The van der Waals surface area contributed by atoms with E-state index in [9.17, 15) is 9.59 Å². The van der Waals surface area contributed by atoms with Crippen LogP contribution in [0.5, 0.6) is 11.5 Å². The second-order valence-electron chi connectivity index (χ2n) is 23.7. The Hall–Kier alpha value is -8.40. The monoisotopic (exact) mass is 1450 g/mol. The van der Waals surface area contributed by atoms with E-state index < -0.39 is 11.6 Å². The van der Waals surface area contributed by atoms with E-state index >= 15 is 0 Å². The van der Waals surface area contributed by atoms with Gasteiger partial charge >= 0.3 is 11.4 Å². The highest BCUT2D eigenvalue weighted by atomic mass is 35.5. The topological polar surface area (TPSA) is 209 Å². The molecule has 8 heterocycles. The molecular formula is C68H70Cl6N16O8. The number of nitrogens with zero attached hydrogens (tertiary/aromatic N) is 16. The molecule has 2 saturated heterocycles. The quantitative estimate of drug-likeness (QED) is 0.0828. The lowest BCUT2D eigenvalue weighted by atomic mass is 10.1. The Balaban J connectivity index is 0.000000194. The second-order valence-corrected chi connectivity index (χ2v) is 25.3. The van der Waals surface area contributed by atoms with E-state index in [1.165, 1.54) is 22.0 Å². The summed E-state index contributed by atoms with van der Waals surface area (Å²) in [5, 5.41) is 19.0. The van der Waals surface area contributed by atoms with Crippen molar-refractivity contribution in [2.24, 2.45) is 0 Å². The summed E-state index contributed by atoms with van der Waals surface area (Å²) in [5.74, 6) is -0.891. The number of benzene rings is 6. The molecule has 14 rings (SSSR count). The molecule has 24 nitrogen and oxygen atoms in total. The van der Waals surface area contributed by atoms with Crippen LogP contribution in [-0.2, 0) is 43.6 Å². The van der Waals surface area contributed by atoms with E-state index in [4.69, 9.17) is 74.8 Å². The fraction of sp³-hybridized carbons (Fsp3) is 0.324. The normalized spacial score (nSPS) is 19.5. The van der Waals surface area contributed by atoms with Crippen molar-refractivity contribution in [3.05, 3.63) is 224 Å². The van der Waals surface area contributed by atoms with Gasteiger partial charge in [0.1, 0.15) is 137 Å². The molecule has 0 amide bonds. The first-order chi connectivity index (χ1) is 46.6. The molecule has 4 aromatic heterocycles. The Kier molecular flexibility index (Phi) is 22.6. The van der Waals surface area contributed by atoms with Crippen LogP contribution >= 0.6 is 46.4 Å². The number of ether oxygens (including phenoxy) is 6. The summed E-state index contributed by atoms with van der Waals surface area (Å²) in [6, 6.07) is 42.4. The molecule has 98 heavy (non-hydrogen) atoms. The first-order valence-electron chi connectivity index (χ1n) is 31.6. The summed E-state index contributed by atoms with van der Waals surface area (Å²) < 4.78 is 51.6. The molecule has 10 aromatic rings. The molecule has 6 atom stereocenters. The molecule has 2 unspecified atom stereocenters. The van der Waals surface area contributed by atoms with Gasteiger partial charge in [0.05, 0.1) is 46.7 Å². The van der Waals surface area contributed by atoms with E-state index in [1.54, 1.807) is 68.1 Å². The van der Waals surface area contributed by atoms with E-state index in [0.717, 1.165) is 84.6 Å². The maximum atomic E-state index is 12.8. The molecule has 0 spiro atoms. The smallest absolute Gasteiger partial charge is 0.350 e. The van der Waals surface area contributed by atoms with E-state index in [2.05, 4.69) is 62.0 Å². The van der Waals surface area contributed by atoms with Gasteiger partial charge in [-0.3, -0.25) is 0 Å². The number of rotatable bonds is 22. The van der Waals surface area contributed by atoms with Gasteiger partial charge in [-0.15, -0.1) is 0 Å². The average molecular weight is 1450 g/mol. The molecule has 512 valence electrons. The lowest BCUT2D eigenvalue weighted by Gasteiger charge is -2.29. The van der Waals surface area contributed by atoms with Gasteiger partial charge in [0.25, 0.3) is 0 Å². The van der Waals surface area contributed by atoms with Crippen molar-refractivity contribution >= 4 is 81.8 Å². The predicted octanol–water partition coefficient (Wildman–Crippen LogP) is 4.89. The predicted molar refractivity (Wildman–Crippen MR) is 364 cm³/mol. The van der Waals surface area contributed by atoms with Crippen LogP contribution in [0.25, 0.3) is 11.4 Å². The van der Waals surface area contributed by atoms with Gasteiger partial charge in [0.15, 0.2) is 0 Å². The standard InChI is InChI=1S/2C34H35Cl2N8O4.2ClH/c2*1-3-24(2)44-33(45)43(22-39-44)28-7-5-26(6-8-28)40-14-15-41(23-40)27-9-11-29(12-10-27)46-17-30-18-47-34(48-30,19-42-21-37-20-38-42)31-13-4-25(35)16-32(31)36;;/h2*4-13,16,20-24,30H,3,14-15,17-19H2,1-2H3;2*1H/q2*+1;;/p-2/t2*24?,30-,34-;;/m10../s1. The Labute approximate surface area is 597 Å². The first-order valence-corrected chi connectivity index (χ1v) is 33.1. The van der Waals surface area contributed by atoms with Gasteiger partial charge in [-0.25, -0.2) is 66.4 Å². The Morgan fingerprint density at radius 1 is 0.520 bits per heavy atom. The zero-order valence-corrected chi connectivity index (χ0v) is 58.3. The van der Waals surface area contributed by atoms with Gasteiger partial charge < -0.3 is 53.2 Å². The SMILES string of the molecule is CCC(C)n1ncn(-c2ccc([N+]3=CN(c4ccc(OC[C@@H]5CO[C@@](Cn6cncn6)(c6ccc(Cl)cc6Cl)O5)cc4)CC3)cc2)c1=O.CCC(C)n1ncn(-c2ccc([N+]3=CN(c4ccc(OC[C@H]5CO[C@](Cn6cncn6)(c6ccc(Cl)cc6Cl)O5)cc4)CC3)cc2)c1=O.[Cl-].[Cl-]. The van der Waals surface area contributed by atoms with E-state index in [0.29, 0.717) is 44.4 Å². The molecule has 0 N–H and O–H groups in total. The first kappa shape index (κ1) is 70.9. The molecular weight excluding hydrogens is 1380 g/mol. The third-order valence-corrected chi connectivity index (χ3v) is 18.4. The van der Waals surface area contributed by atoms with Gasteiger partial charge in [-0.2, -0.15) is 20.4 Å². The van der Waals surface area contributed by atoms with Crippen LogP contribution in [0.4, 0.5) is 22.7 Å². The minimum absolute atomic E-state index is 0. The van der Waals surface area contributed by atoms with Crippen LogP contribution in [0.2, 0.25) is 20.1 Å². The van der Waals surface area contributed by atoms with Crippen molar-refractivity contribution in [2.75, 3.05) is 62.4 Å². The van der Waals surface area contributed by atoms with Gasteiger partial charge in [0.2, 0.25) is 24.3 Å². The number of hydrogen-bond acceptors (Lipinski definition) is 16. The second kappa shape index (κ2) is 31.2. The van der Waals surface area contributed by atoms with E-state index in [1.807, 2.05) is 137 Å². The average Bonchev–Trinajstić information content (AvgIpc) is 1.54.